The smallest absolute Gasteiger partial charge is 0.257 e. The summed E-state index contributed by atoms with van der Waals surface area (Å²) in [4.78, 5) is 25.1. The maximum absolute atomic E-state index is 12.4. The van der Waals surface area contributed by atoms with Gasteiger partial charge in [-0.25, -0.2) is 0 Å². The van der Waals surface area contributed by atoms with E-state index < -0.39 is 0 Å². The van der Waals surface area contributed by atoms with Gasteiger partial charge in [0.1, 0.15) is 5.75 Å². The van der Waals surface area contributed by atoms with Gasteiger partial charge in [-0.1, -0.05) is 0 Å². The van der Waals surface area contributed by atoms with E-state index in [0.717, 1.165) is 0 Å². The molecule has 1 aromatic carbocycles. The van der Waals surface area contributed by atoms with Gasteiger partial charge in [0.15, 0.2) is 0 Å². The number of phenolic OH excluding ortho intramolecular Hbond substituents is 1. The van der Waals surface area contributed by atoms with E-state index in [-0.39, 0.29) is 29.0 Å². The largest absolute Gasteiger partial charge is 0.507 e. The SMILES string of the molecule is CC(=O)Nc1ccc(O)c(C(=O)N2CCC(C#N)CC2)c1. The molecule has 2 amide bonds. The standard InChI is InChI=1S/C15H17N3O3/c1-10(19)17-12-2-3-14(20)13(8-12)15(21)18-6-4-11(9-16)5-7-18/h2-3,8,11,20H,4-7H2,1H3,(H,17,19). The van der Waals surface area contributed by atoms with Crippen LogP contribution in [-0.2, 0) is 4.79 Å². The summed E-state index contributed by atoms with van der Waals surface area (Å²) in [7, 11) is 0. The number of piperidine rings is 1. The molecule has 2 rings (SSSR count). The van der Waals surface area contributed by atoms with Gasteiger partial charge in [-0.3, -0.25) is 9.59 Å². The number of carbonyl (C=O) groups is 2. The maximum Gasteiger partial charge on any atom is 0.257 e. The molecule has 1 aliphatic rings. The molecule has 0 radical (unpaired) electrons. The Morgan fingerprint density at radius 3 is 2.62 bits per heavy atom. The van der Waals surface area contributed by atoms with Crippen molar-refractivity contribution in [2.75, 3.05) is 18.4 Å². The Morgan fingerprint density at radius 1 is 1.38 bits per heavy atom. The average Bonchev–Trinajstić information content (AvgIpc) is 2.48. The molecule has 1 aliphatic heterocycles. The van der Waals surface area contributed by atoms with Crippen LogP contribution in [0.5, 0.6) is 5.75 Å². The summed E-state index contributed by atoms with van der Waals surface area (Å²) in [5.74, 6) is -0.644. The zero-order chi connectivity index (χ0) is 15.4. The van der Waals surface area contributed by atoms with Gasteiger partial charge >= 0.3 is 0 Å². The van der Waals surface area contributed by atoms with Gasteiger partial charge in [0, 0.05) is 31.6 Å². The second-order valence-electron chi connectivity index (χ2n) is 5.11. The molecule has 0 bridgehead atoms. The molecule has 1 heterocycles. The minimum Gasteiger partial charge on any atom is -0.507 e. The van der Waals surface area contributed by atoms with Crippen LogP contribution in [0.25, 0.3) is 0 Å². The lowest BCUT2D eigenvalue weighted by Gasteiger charge is -2.29. The highest BCUT2D eigenvalue weighted by molar-refractivity contribution is 5.99. The molecule has 6 heteroatoms. The molecule has 0 atom stereocenters. The van der Waals surface area contributed by atoms with Crippen LogP contribution >= 0.6 is 0 Å². The number of aromatic hydroxyl groups is 1. The Labute approximate surface area is 123 Å². The van der Waals surface area contributed by atoms with E-state index >= 15 is 0 Å². The number of nitrogens with zero attached hydrogens (tertiary/aromatic N) is 2. The Bertz CT molecular complexity index is 599. The summed E-state index contributed by atoms with van der Waals surface area (Å²) < 4.78 is 0. The second kappa shape index (κ2) is 6.27. The van der Waals surface area contributed by atoms with Crippen LogP contribution in [0.4, 0.5) is 5.69 Å². The molecule has 0 aliphatic carbocycles. The first kappa shape index (κ1) is 14.9. The van der Waals surface area contributed by atoms with Crippen molar-refractivity contribution in [3.8, 4) is 11.8 Å². The average molecular weight is 287 g/mol. The predicted molar refractivity (Wildman–Crippen MR) is 76.7 cm³/mol. The van der Waals surface area contributed by atoms with Gasteiger partial charge in [-0.05, 0) is 31.0 Å². The van der Waals surface area contributed by atoms with Crippen molar-refractivity contribution in [1.29, 1.82) is 5.26 Å². The zero-order valence-electron chi connectivity index (χ0n) is 11.8. The Hall–Kier alpha value is -2.55. The molecule has 2 N–H and O–H groups in total. The lowest BCUT2D eigenvalue weighted by atomic mass is 9.98. The van der Waals surface area contributed by atoms with E-state index in [9.17, 15) is 14.7 Å². The van der Waals surface area contributed by atoms with Crippen molar-refractivity contribution < 1.29 is 14.7 Å². The van der Waals surface area contributed by atoms with Crippen molar-refractivity contribution >= 4 is 17.5 Å². The fourth-order valence-corrected chi connectivity index (χ4v) is 2.37. The van der Waals surface area contributed by atoms with Crippen molar-refractivity contribution in [3.63, 3.8) is 0 Å². The first-order valence-electron chi connectivity index (χ1n) is 6.80. The molecule has 0 spiro atoms. The summed E-state index contributed by atoms with van der Waals surface area (Å²) in [5.41, 5.74) is 0.632. The van der Waals surface area contributed by atoms with E-state index in [1.807, 2.05) is 0 Å². The van der Waals surface area contributed by atoms with Gasteiger partial charge in [0.2, 0.25) is 5.91 Å². The van der Waals surface area contributed by atoms with Crippen LogP contribution in [0.3, 0.4) is 0 Å². The lowest BCUT2D eigenvalue weighted by Crippen LogP contribution is -2.38. The number of likely N-dealkylation sites (tertiary alicyclic amines) is 1. The zero-order valence-corrected chi connectivity index (χ0v) is 11.8. The van der Waals surface area contributed by atoms with Crippen LogP contribution in [-0.4, -0.2) is 34.9 Å². The fourth-order valence-electron chi connectivity index (χ4n) is 2.37. The minimum absolute atomic E-state index is 0.00615. The quantitative estimate of drug-likeness (QED) is 0.810. The highest BCUT2D eigenvalue weighted by Crippen LogP contribution is 2.25. The van der Waals surface area contributed by atoms with E-state index in [1.165, 1.54) is 25.1 Å². The normalized spacial score (nSPS) is 15.3. The number of nitrogens with one attached hydrogen (secondary N) is 1. The fraction of sp³-hybridized carbons (Fsp3) is 0.400. The molecular formula is C15H17N3O3. The third kappa shape index (κ3) is 3.51. The Balaban J connectivity index is 2.15. The van der Waals surface area contributed by atoms with Crippen molar-refractivity contribution in [3.05, 3.63) is 23.8 Å². The summed E-state index contributed by atoms with van der Waals surface area (Å²) in [6, 6.07) is 6.60. The molecule has 0 unspecified atom stereocenters. The van der Waals surface area contributed by atoms with Gasteiger partial charge in [-0.2, -0.15) is 5.26 Å². The molecule has 0 aromatic heterocycles. The van der Waals surface area contributed by atoms with Crippen LogP contribution in [0.2, 0.25) is 0 Å². The highest BCUT2D eigenvalue weighted by Gasteiger charge is 2.25. The predicted octanol–water partition coefficient (Wildman–Crippen LogP) is 1.73. The molecule has 1 aromatic rings. The lowest BCUT2D eigenvalue weighted by molar-refractivity contribution is -0.114. The summed E-state index contributed by atoms with van der Waals surface area (Å²) in [5, 5.41) is 21.3. The number of amides is 2. The number of carbonyl (C=O) groups excluding carboxylic acids is 2. The van der Waals surface area contributed by atoms with Crippen LogP contribution in [0.15, 0.2) is 18.2 Å². The van der Waals surface area contributed by atoms with Gasteiger partial charge in [-0.15, -0.1) is 0 Å². The van der Waals surface area contributed by atoms with Crippen LogP contribution in [0.1, 0.15) is 30.1 Å². The molecule has 1 saturated heterocycles. The maximum atomic E-state index is 12.4. The van der Waals surface area contributed by atoms with E-state index in [1.54, 1.807) is 4.90 Å². The summed E-state index contributed by atoms with van der Waals surface area (Å²) in [6.45, 7) is 2.38. The summed E-state index contributed by atoms with van der Waals surface area (Å²) >= 11 is 0. The topological polar surface area (TPSA) is 93.4 Å². The van der Waals surface area contributed by atoms with Gasteiger partial charge < -0.3 is 15.3 Å². The van der Waals surface area contributed by atoms with Crippen molar-refractivity contribution in [2.45, 2.75) is 19.8 Å². The van der Waals surface area contributed by atoms with Gasteiger partial charge in [0.05, 0.1) is 11.6 Å². The van der Waals surface area contributed by atoms with Crippen LogP contribution < -0.4 is 5.32 Å². The number of rotatable bonds is 2. The molecule has 21 heavy (non-hydrogen) atoms. The Kier molecular flexibility index (Phi) is 4.43. The third-order valence-electron chi connectivity index (χ3n) is 3.51. The molecule has 6 nitrogen and oxygen atoms in total. The van der Waals surface area contributed by atoms with Gasteiger partial charge in [0.25, 0.3) is 5.91 Å². The molecular weight excluding hydrogens is 270 g/mol. The third-order valence-corrected chi connectivity index (χ3v) is 3.51. The highest BCUT2D eigenvalue weighted by atomic mass is 16.3. The number of benzene rings is 1. The number of anilines is 1. The van der Waals surface area contributed by atoms with Crippen molar-refractivity contribution in [2.24, 2.45) is 5.92 Å². The first-order chi connectivity index (χ1) is 10.0. The number of nitriles is 1. The minimum atomic E-state index is -0.281. The van der Waals surface area contributed by atoms with E-state index in [2.05, 4.69) is 11.4 Å². The van der Waals surface area contributed by atoms with Crippen LogP contribution in [0, 0.1) is 17.2 Å². The number of phenols is 1. The Morgan fingerprint density at radius 2 is 2.05 bits per heavy atom. The van der Waals surface area contributed by atoms with E-state index in [4.69, 9.17) is 5.26 Å². The van der Waals surface area contributed by atoms with E-state index in [0.29, 0.717) is 31.6 Å². The number of hydrogen-bond acceptors (Lipinski definition) is 4. The summed E-state index contributed by atoms with van der Waals surface area (Å²) in [6.07, 6.45) is 1.29. The number of hydrogen-bond donors (Lipinski definition) is 2. The monoisotopic (exact) mass is 287 g/mol. The molecule has 110 valence electrons. The van der Waals surface area contributed by atoms with Crippen molar-refractivity contribution in [1.82, 2.24) is 4.90 Å². The first-order valence-corrected chi connectivity index (χ1v) is 6.80. The molecule has 1 fully saturated rings. The molecule has 0 saturated carbocycles. The second-order valence-corrected chi connectivity index (χ2v) is 5.11.